The van der Waals surface area contributed by atoms with Gasteiger partial charge in [-0.1, -0.05) is 6.07 Å². The highest BCUT2D eigenvalue weighted by Gasteiger charge is 2.47. The first kappa shape index (κ1) is 23.1. The molecule has 0 spiro atoms. The molecule has 1 saturated heterocycles. The number of nitrogens with zero attached hydrogens (tertiary/aromatic N) is 2. The normalized spacial score (nSPS) is 17.5. The van der Waals surface area contributed by atoms with Gasteiger partial charge in [0.1, 0.15) is 11.5 Å². The Morgan fingerprint density at radius 1 is 1.09 bits per heavy atom. The Morgan fingerprint density at radius 3 is 2.47 bits per heavy atom. The molecule has 1 unspecified atom stereocenters. The average Bonchev–Trinajstić information content (AvgIpc) is 3.07. The monoisotopic (exact) mass is 464 g/mol. The number of rotatable bonds is 5. The van der Waals surface area contributed by atoms with Crippen LogP contribution in [0.2, 0.25) is 0 Å². The Hall–Kier alpha value is -4.07. The van der Waals surface area contributed by atoms with Crippen LogP contribution in [0.15, 0.2) is 66.5 Å². The predicted octanol–water partition coefficient (Wildman–Crippen LogP) is 5.08. The second-order valence-electron chi connectivity index (χ2n) is 8.20. The number of hydrogen-bond donors (Lipinski definition) is 1. The lowest BCUT2D eigenvalue weighted by Gasteiger charge is -2.25. The molecule has 4 rings (SSSR count). The number of halogens is 2. The number of benzene rings is 2. The summed E-state index contributed by atoms with van der Waals surface area (Å²) in [6.07, 6.45) is 2.91. The molecule has 174 valence electrons. The summed E-state index contributed by atoms with van der Waals surface area (Å²) in [5, 5.41) is 11.2. The van der Waals surface area contributed by atoms with E-state index in [0.29, 0.717) is 16.9 Å². The van der Waals surface area contributed by atoms with Gasteiger partial charge in [-0.3, -0.25) is 19.5 Å². The molecule has 0 bridgehead atoms. The van der Waals surface area contributed by atoms with E-state index >= 15 is 0 Å². The fourth-order valence-electron chi connectivity index (χ4n) is 3.93. The maximum Gasteiger partial charge on any atom is 0.300 e. The Bertz CT molecular complexity index is 1310. The zero-order valence-corrected chi connectivity index (χ0v) is 18.8. The van der Waals surface area contributed by atoms with Crippen LogP contribution in [-0.2, 0) is 9.59 Å². The van der Waals surface area contributed by atoms with Gasteiger partial charge >= 0.3 is 0 Å². The molecule has 3 aromatic rings. The van der Waals surface area contributed by atoms with Crippen LogP contribution in [0, 0.1) is 18.6 Å². The molecule has 1 aliphatic rings. The summed E-state index contributed by atoms with van der Waals surface area (Å²) in [4.78, 5) is 31.3. The van der Waals surface area contributed by atoms with Gasteiger partial charge < -0.3 is 9.84 Å². The van der Waals surface area contributed by atoms with E-state index in [0.717, 1.165) is 22.6 Å². The highest BCUT2D eigenvalue weighted by atomic mass is 19.2. The quantitative estimate of drug-likeness (QED) is 0.324. The number of anilines is 1. The van der Waals surface area contributed by atoms with Crippen LogP contribution in [0.1, 0.15) is 36.6 Å². The molecule has 0 radical (unpaired) electrons. The molecule has 2 aromatic carbocycles. The topological polar surface area (TPSA) is 79.7 Å². The van der Waals surface area contributed by atoms with Crippen molar-refractivity contribution in [2.45, 2.75) is 32.9 Å². The summed E-state index contributed by atoms with van der Waals surface area (Å²) in [7, 11) is 0. The number of hydrogen-bond acceptors (Lipinski definition) is 5. The fraction of sp³-hybridized carbons (Fsp3) is 0.192. The maximum atomic E-state index is 14.0. The molecule has 8 heteroatoms. The summed E-state index contributed by atoms with van der Waals surface area (Å²) in [6, 6.07) is 9.99. The summed E-state index contributed by atoms with van der Waals surface area (Å²) in [6.45, 7) is 5.58. The lowest BCUT2D eigenvalue weighted by Crippen LogP contribution is -2.29. The van der Waals surface area contributed by atoms with E-state index in [1.54, 1.807) is 37.3 Å². The van der Waals surface area contributed by atoms with Crippen molar-refractivity contribution in [3.8, 4) is 5.75 Å². The van der Waals surface area contributed by atoms with Crippen molar-refractivity contribution in [3.05, 3.63) is 94.8 Å². The first-order valence-electron chi connectivity index (χ1n) is 10.6. The number of aliphatic hydroxyl groups is 1. The Labute approximate surface area is 195 Å². The first-order chi connectivity index (χ1) is 16.2. The second kappa shape index (κ2) is 9.05. The van der Waals surface area contributed by atoms with Gasteiger partial charge in [-0.05, 0) is 68.3 Å². The number of carbonyl (C=O) groups excluding carboxylic acids is 2. The van der Waals surface area contributed by atoms with Crippen molar-refractivity contribution < 1.29 is 28.2 Å². The summed E-state index contributed by atoms with van der Waals surface area (Å²) in [5.41, 5.74) is 1.26. The smallest absolute Gasteiger partial charge is 0.300 e. The SMILES string of the molecule is Cc1cc(/C(O)=C2\C(=O)C(=O)N(c3ccc(F)c(F)c3)C2c2cccnc2)ccc1OC(C)C. The molecule has 1 N–H and O–H groups in total. The molecule has 2 heterocycles. The number of aliphatic hydroxyl groups excluding tert-OH is 1. The highest BCUT2D eigenvalue weighted by Crippen LogP contribution is 2.42. The van der Waals surface area contributed by atoms with Crippen LogP contribution < -0.4 is 9.64 Å². The summed E-state index contributed by atoms with van der Waals surface area (Å²) >= 11 is 0. The molecule has 6 nitrogen and oxygen atoms in total. The third kappa shape index (κ3) is 4.14. The largest absolute Gasteiger partial charge is 0.507 e. The van der Waals surface area contributed by atoms with Crippen molar-refractivity contribution >= 4 is 23.1 Å². The number of pyridine rings is 1. The van der Waals surface area contributed by atoms with Gasteiger partial charge in [0.15, 0.2) is 11.6 Å². The van der Waals surface area contributed by atoms with Crippen LogP contribution in [0.3, 0.4) is 0 Å². The van der Waals surface area contributed by atoms with E-state index in [1.165, 1.54) is 18.5 Å². The molecule has 1 aromatic heterocycles. The van der Waals surface area contributed by atoms with Crippen LogP contribution in [0.4, 0.5) is 14.5 Å². The molecule has 1 atom stereocenters. The molecule has 0 saturated carbocycles. The van der Waals surface area contributed by atoms with E-state index in [4.69, 9.17) is 4.74 Å². The third-order valence-corrected chi connectivity index (χ3v) is 5.44. The Kier molecular flexibility index (Phi) is 6.15. The molecular weight excluding hydrogens is 442 g/mol. The third-order valence-electron chi connectivity index (χ3n) is 5.44. The molecule has 1 amide bonds. The lowest BCUT2D eigenvalue weighted by molar-refractivity contribution is -0.132. The zero-order valence-electron chi connectivity index (χ0n) is 18.8. The second-order valence-corrected chi connectivity index (χ2v) is 8.20. The fourth-order valence-corrected chi connectivity index (χ4v) is 3.93. The molecule has 1 aliphatic heterocycles. The van der Waals surface area contributed by atoms with Gasteiger partial charge in [0, 0.05) is 29.7 Å². The van der Waals surface area contributed by atoms with Gasteiger partial charge in [-0.15, -0.1) is 0 Å². The molecular formula is C26H22F2N2O4. The minimum Gasteiger partial charge on any atom is -0.507 e. The van der Waals surface area contributed by atoms with Gasteiger partial charge in [0.05, 0.1) is 17.7 Å². The van der Waals surface area contributed by atoms with Crippen molar-refractivity contribution in [1.82, 2.24) is 4.98 Å². The Morgan fingerprint density at radius 2 is 1.85 bits per heavy atom. The number of ketones is 1. The first-order valence-corrected chi connectivity index (χ1v) is 10.6. The van der Waals surface area contributed by atoms with Crippen LogP contribution in [0.25, 0.3) is 5.76 Å². The summed E-state index contributed by atoms with van der Waals surface area (Å²) in [5.74, 6) is -3.94. The van der Waals surface area contributed by atoms with E-state index in [2.05, 4.69) is 4.98 Å². The van der Waals surface area contributed by atoms with E-state index in [1.807, 2.05) is 13.8 Å². The average molecular weight is 464 g/mol. The number of amides is 1. The number of carbonyl (C=O) groups is 2. The minimum absolute atomic E-state index is 0.0224. The number of Topliss-reactive ketones (excluding diaryl/α,β-unsaturated/α-hetero) is 1. The molecule has 0 aliphatic carbocycles. The van der Waals surface area contributed by atoms with E-state index < -0.39 is 35.1 Å². The maximum absolute atomic E-state index is 14.0. The highest BCUT2D eigenvalue weighted by molar-refractivity contribution is 6.51. The lowest BCUT2D eigenvalue weighted by atomic mass is 9.95. The van der Waals surface area contributed by atoms with E-state index in [9.17, 15) is 23.5 Å². The van der Waals surface area contributed by atoms with Crippen LogP contribution in [-0.4, -0.2) is 27.9 Å². The number of aryl methyl sites for hydroxylation is 1. The zero-order chi connectivity index (χ0) is 24.6. The van der Waals surface area contributed by atoms with Gasteiger partial charge in [-0.2, -0.15) is 0 Å². The standard InChI is InChI=1S/C26H22F2N2O4/c1-14(2)34-21-9-6-16(11-15(21)3)24(31)22-23(17-5-4-10-29-13-17)30(26(33)25(22)32)18-7-8-19(27)20(28)12-18/h4-14,23,31H,1-3H3/b24-22+. The van der Waals surface area contributed by atoms with E-state index in [-0.39, 0.29) is 17.4 Å². The van der Waals surface area contributed by atoms with Gasteiger partial charge in [0.2, 0.25) is 0 Å². The van der Waals surface area contributed by atoms with Crippen LogP contribution >= 0.6 is 0 Å². The molecule has 1 fully saturated rings. The predicted molar refractivity (Wildman–Crippen MR) is 122 cm³/mol. The number of aromatic nitrogens is 1. The number of ether oxygens (including phenoxy) is 1. The Balaban J connectivity index is 1.89. The van der Waals surface area contributed by atoms with Crippen molar-refractivity contribution in [3.63, 3.8) is 0 Å². The van der Waals surface area contributed by atoms with Crippen molar-refractivity contribution in [1.29, 1.82) is 0 Å². The van der Waals surface area contributed by atoms with Crippen molar-refractivity contribution in [2.75, 3.05) is 4.90 Å². The van der Waals surface area contributed by atoms with Crippen LogP contribution in [0.5, 0.6) is 5.75 Å². The van der Waals surface area contributed by atoms with Gasteiger partial charge in [-0.25, -0.2) is 8.78 Å². The van der Waals surface area contributed by atoms with Crippen molar-refractivity contribution in [2.24, 2.45) is 0 Å². The summed E-state index contributed by atoms with van der Waals surface area (Å²) < 4.78 is 33.3. The molecule has 34 heavy (non-hydrogen) atoms. The minimum atomic E-state index is -1.17. The van der Waals surface area contributed by atoms with Gasteiger partial charge in [0.25, 0.3) is 11.7 Å².